The fraction of sp³-hybridized carbons (Fsp3) is 0.300. The van der Waals surface area contributed by atoms with Crippen LogP contribution in [0.25, 0.3) is 0 Å². The zero-order valence-corrected chi connectivity index (χ0v) is 12.5. The summed E-state index contributed by atoms with van der Waals surface area (Å²) >= 11 is -2.03. The van der Waals surface area contributed by atoms with Gasteiger partial charge in [-0.2, -0.15) is 0 Å². The molecule has 0 saturated heterocycles. The van der Waals surface area contributed by atoms with Crippen LogP contribution in [-0.2, 0) is 15.7 Å². The Bertz CT molecular complexity index is 455. The maximum absolute atomic E-state index is 12.0. The van der Waals surface area contributed by atoms with Crippen LogP contribution in [0, 0.1) is 0 Å². The first-order valence-corrected chi connectivity index (χ1v) is 9.92. The molecule has 0 aliphatic rings. The molecule has 1 rings (SSSR count). The van der Waals surface area contributed by atoms with Crippen LogP contribution in [0.1, 0.15) is 6.92 Å². The Labute approximate surface area is 106 Å². The van der Waals surface area contributed by atoms with Crippen LogP contribution in [-0.4, -0.2) is 33.6 Å². The number of carbonyl (C=O) groups excluding carboxylic acids is 1. The van der Waals surface area contributed by atoms with Gasteiger partial charge in [0.2, 0.25) is 0 Å². The van der Waals surface area contributed by atoms with Gasteiger partial charge in [0.1, 0.15) is 0 Å². The van der Waals surface area contributed by atoms with E-state index in [2.05, 4.69) is 20.7 Å². The first-order valence-electron chi connectivity index (χ1n) is 4.59. The van der Waals surface area contributed by atoms with Gasteiger partial charge in [-0.3, -0.25) is 0 Å². The van der Waals surface area contributed by atoms with Crippen molar-refractivity contribution in [2.45, 2.75) is 9.80 Å². The second kappa shape index (κ2) is 5.76. The van der Waals surface area contributed by atoms with E-state index in [1.165, 1.54) is 12.1 Å². The summed E-state index contributed by atoms with van der Waals surface area (Å²) in [5.41, 5.74) is 0. The average Bonchev–Trinajstić information content (AvgIpc) is 2.29. The molecule has 4 nitrogen and oxygen atoms in total. The first kappa shape index (κ1) is 13.6. The molecule has 0 fully saturated rings. The topological polar surface area (TPSA) is 60.4 Å². The molecule has 88 valence electrons. The molecular weight excluding hydrogens is 392 g/mol. The second-order valence-electron chi connectivity index (χ2n) is 2.93. The maximum atomic E-state index is 12.0. The van der Waals surface area contributed by atoms with Crippen molar-refractivity contribution >= 4 is 43.7 Å². The van der Waals surface area contributed by atoms with Gasteiger partial charge < -0.3 is 0 Å². The van der Waals surface area contributed by atoms with E-state index in [1.807, 2.05) is 0 Å². The molecular formula is C10H11BrO4Te. The van der Waals surface area contributed by atoms with E-state index >= 15 is 0 Å². The van der Waals surface area contributed by atoms with Gasteiger partial charge in [0.05, 0.1) is 0 Å². The molecule has 0 radical (unpaired) electrons. The third-order valence-electron chi connectivity index (χ3n) is 1.82. The summed E-state index contributed by atoms with van der Waals surface area (Å²) in [5.74, 6) is -0.752. The van der Waals surface area contributed by atoms with E-state index in [4.69, 9.17) is 0 Å². The molecule has 0 aromatic heterocycles. The minimum absolute atomic E-state index is 0.161. The summed E-state index contributed by atoms with van der Waals surface area (Å²) in [7, 11) is 0. The Morgan fingerprint density at radius 3 is 2.44 bits per heavy atom. The number of ether oxygens (including phenoxy) is 1. The Morgan fingerprint density at radius 2 is 1.94 bits per heavy atom. The Kier molecular flexibility index (Phi) is 4.90. The molecule has 16 heavy (non-hydrogen) atoms. The first-order chi connectivity index (χ1) is 7.50. The molecule has 1 atom stereocenters. The molecule has 0 aliphatic heterocycles. The third-order valence-corrected chi connectivity index (χ3v) is 10.2. The van der Waals surface area contributed by atoms with Gasteiger partial charge in [0.15, 0.2) is 0 Å². The van der Waals surface area contributed by atoms with Crippen molar-refractivity contribution in [3.8, 4) is 0 Å². The number of carbonyl (C=O) groups is 1. The third kappa shape index (κ3) is 3.03. The number of rotatable bonds is 4. The van der Waals surface area contributed by atoms with Crippen LogP contribution in [0.2, 0.25) is 0 Å². The minimum atomic E-state index is -4.91. The van der Waals surface area contributed by atoms with Crippen LogP contribution in [0.5, 0.6) is 0 Å². The van der Waals surface area contributed by atoms with E-state index in [0.717, 1.165) is 0 Å². The van der Waals surface area contributed by atoms with Gasteiger partial charge in [-0.25, -0.2) is 0 Å². The molecule has 0 saturated carbocycles. The van der Waals surface area contributed by atoms with Crippen molar-refractivity contribution in [2.24, 2.45) is 0 Å². The molecule has 0 amide bonds. The van der Waals surface area contributed by atoms with Crippen molar-refractivity contribution < 1.29 is 15.7 Å². The fourth-order valence-corrected chi connectivity index (χ4v) is 5.77. The summed E-state index contributed by atoms with van der Waals surface area (Å²) in [6.07, 6.45) is 0. The van der Waals surface area contributed by atoms with Gasteiger partial charge in [0, 0.05) is 0 Å². The predicted octanol–water partition coefficient (Wildman–Crippen LogP) is 1.06. The summed E-state index contributed by atoms with van der Waals surface area (Å²) in [5, 5.41) is 0. The number of benzene rings is 1. The van der Waals surface area contributed by atoms with E-state index < -0.39 is 27.0 Å². The zero-order chi connectivity index (χ0) is 12.2. The number of halogens is 1. The van der Waals surface area contributed by atoms with E-state index in [-0.39, 0.29) is 10.2 Å². The summed E-state index contributed by atoms with van der Waals surface area (Å²) < 4.78 is 27.6. The standard InChI is InChI=1S/C10H11BrO4Te/c1-2-15-10(12)9(11)16(13,14)8-6-4-3-5-7-8/h3-7,9H,2H2,1H3. The molecule has 0 aliphatic carbocycles. The number of alkyl halides is 1. The molecule has 1 unspecified atom stereocenters. The normalized spacial score (nSPS) is 13.1. The number of hydrogen-bond donors (Lipinski definition) is 0. The SMILES string of the molecule is CCOC(=O)C(Br)[Te](=O)(=O)c1ccccc1. The molecule has 0 heterocycles. The monoisotopic (exact) mass is 404 g/mol. The quantitative estimate of drug-likeness (QED) is 0.429. The summed E-state index contributed by atoms with van der Waals surface area (Å²) in [4.78, 5) is 11.3. The Balaban J connectivity index is 2.99. The van der Waals surface area contributed by atoms with Crippen molar-refractivity contribution in [1.82, 2.24) is 0 Å². The van der Waals surface area contributed by atoms with Crippen LogP contribution >= 0.6 is 15.9 Å². The van der Waals surface area contributed by atoms with Crippen molar-refractivity contribution in [3.05, 3.63) is 30.3 Å². The van der Waals surface area contributed by atoms with Crippen LogP contribution in [0.15, 0.2) is 30.3 Å². The van der Waals surface area contributed by atoms with Gasteiger partial charge in [-0.15, -0.1) is 0 Å². The molecule has 1 aromatic rings. The van der Waals surface area contributed by atoms with Crippen molar-refractivity contribution in [2.75, 3.05) is 6.61 Å². The molecule has 0 bridgehead atoms. The van der Waals surface area contributed by atoms with Gasteiger partial charge in [0.25, 0.3) is 0 Å². The van der Waals surface area contributed by atoms with Gasteiger partial charge in [-0.1, -0.05) is 0 Å². The zero-order valence-electron chi connectivity index (χ0n) is 8.59. The second-order valence-corrected chi connectivity index (χ2v) is 11.5. The van der Waals surface area contributed by atoms with Crippen molar-refractivity contribution in [3.63, 3.8) is 0 Å². The summed E-state index contributed by atoms with van der Waals surface area (Å²) in [6, 6.07) is 7.92. The van der Waals surface area contributed by atoms with E-state index in [1.54, 1.807) is 25.1 Å². The Morgan fingerprint density at radius 1 is 1.38 bits per heavy atom. The number of hydrogen-bond acceptors (Lipinski definition) is 4. The molecule has 0 spiro atoms. The van der Waals surface area contributed by atoms with Crippen LogP contribution in [0.3, 0.4) is 0 Å². The molecule has 6 heteroatoms. The van der Waals surface area contributed by atoms with Crippen LogP contribution in [0.4, 0.5) is 0 Å². The molecule has 0 N–H and O–H groups in total. The van der Waals surface area contributed by atoms with E-state index in [0.29, 0.717) is 0 Å². The average molecular weight is 403 g/mol. The summed E-state index contributed by atoms with van der Waals surface area (Å²) in [6.45, 7) is 1.79. The fourth-order valence-electron chi connectivity index (χ4n) is 1.06. The predicted molar refractivity (Wildman–Crippen MR) is 62.6 cm³/mol. The van der Waals surface area contributed by atoms with Crippen molar-refractivity contribution in [1.29, 1.82) is 0 Å². The van der Waals surface area contributed by atoms with Gasteiger partial charge in [-0.05, 0) is 0 Å². The molecule has 1 aromatic carbocycles. The van der Waals surface area contributed by atoms with Gasteiger partial charge >= 0.3 is 106 Å². The van der Waals surface area contributed by atoms with Crippen LogP contribution < -0.4 is 3.61 Å². The number of esters is 1. The Hall–Kier alpha value is -0.440. The van der Waals surface area contributed by atoms with E-state index in [9.17, 15) is 11.0 Å².